The van der Waals surface area contributed by atoms with Crippen molar-refractivity contribution in [2.45, 2.75) is 45.3 Å². The van der Waals surface area contributed by atoms with Crippen LogP contribution in [0.4, 0.5) is 5.69 Å². The highest BCUT2D eigenvalue weighted by Crippen LogP contribution is 2.26. The highest BCUT2D eigenvalue weighted by atomic mass is 35.5. The third kappa shape index (κ3) is 4.51. The Morgan fingerprint density at radius 1 is 1.36 bits per heavy atom. The Morgan fingerprint density at radius 3 is 2.64 bits per heavy atom. The summed E-state index contributed by atoms with van der Waals surface area (Å²) in [5, 5.41) is 0. The highest BCUT2D eigenvalue weighted by molar-refractivity contribution is 5.85. The number of para-hydroxylation sites is 1. The number of nitrogens with zero attached hydrogens (tertiary/aromatic N) is 2. The van der Waals surface area contributed by atoms with Crippen LogP contribution in [0.2, 0.25) is 0 Å². The molecule has 1 heterocycles. The van der Waals surface area contributed by atoms with E-state index in [0.717, 1.165) is 19.4 Å². The van der Waals surface area contributed by atoms with Crippen molar-refractivity contribution in [1.29, 1.82) is 0 Å². The van der Waals surface area contributed by atoms with Crippen molar-refractivity contribution in [3.63, 3.8) is 0 Å². The number of rotatable bonds is 3. The van der Waals surface area contributed by atoms with E-state index in [1.165, 1.54) is 11.3 Å². The molecule has 0 fully saturated rings. The number of carbonyl (C=O) groups is 1. The summed E-state index contributed by atoms with van der Waals surface area (Å²) >= 11 is 0. The number of fused-ring (bicyclic) bond motifs is 1. The van der Waals surface area contributed by atoms with Gasteiger partial charge in [-0.2, -0.15) is 0 Å². The van der Waals surface area contributed by atoms with Crippen LogP contribution in [0.25, 0.3) is 0 Å². The first-order valence-corrected chi connectivity index (χ1v) is 7.39. The van der Waals surface area contributed by atoms with Crippen molar-refractivity contribution in [2.24, 2.45) is 5.73 Å². The average Bonchev–Trinajstić information content (AvgIpc) is 2.56. The molecule has 2 N–H and O–H groups in total. The number of amides is 1. The van der Waals surface area contributed by atoms with Crippen LogP contribution >= 0.6 is 24.8 Å². The van der Waals surface area contributed by atoms with E-state index < -0.39 is 0 Å². The van der Waals surface area contributed by atoms with Gasteiger partial charge in [0.1, 0.15) is 0 Å². The van der Waals surface area contributed by atoms with E-state index in [4.69, 9.17) is 5.73 Å². The molecule has 0 aromatic heterocycles. The van der Waals surface area contributed by atoms with Gasteiger partial charge in [-0.05, 0) is 25.0 Å². The van der Waals surface area contributed by atoms with Crippen molar-refractivity contribution >= 4 is 36.4 Å². The molecule has 0 bridgehead atoms. The van der Waals surface area contributed by atoms with E-state index in [1.54, 1.807) is 0 Å². The first-order chi connectivity index (χ1) is 9.54. The Hall–Kier alpha value is -0.970. The van der Waals surface area contributed by atoms with Gasteiger partial charge in [-0.3, -0.25) is 4.79 Å². The Kier molecular flexibility index (Phi) is 8.83. The van der Waals surface area contributed by atoms with Gasteiger partial charge < -0.3 is 15.5 Å². The van der Waals surface area contributed by atoms with Gasteiger partial charge in [-0.25, -0.2) is 0 Å². The maximum absolute atomic E-state index is 12.6. The molecule has 1 aliphatic rings. The molecule has 1 aliphatic heterocycles. The third-order valence-corrected chi connectivity index (χ3v) is 4.01. The Balaban J connectivity index is 0.00000220. The monoisotopic (exact) mass is 347 g/mol. The van der Waals surface area contributed by atoms with Crippen LogP contribution in [0.3, 0.4) is 0 Å². The second kappa shape index (κ2) is 9.23. The summed E-state index contributed by atoms with van der Waals surface area (Å²) in [5.41, 5.74) is 8.42. The van der Waals surface area contributed by atoms with Gasteiger partial charge in [0.15, 0.2) is 0 Å². The number of likely N-dealkylation sites (N-methyl/N-ethyl adjacent to an activating group) is 1. The zero-order chi connectivity index (χ0) is 14.7. The van der Waals surface area contributed by atoms with Gasteiger partial charge in [-0.1, -0.05) is 31.5 Å². The Labute approximate surface area is 145 Å². The van der Waals surface area contributed by atoms with E-state index in [2.05, 4.69) is 37.9 Å². The number of hydrogen-bond acceptors (Lipinski definition) is 3. The van der Waals surface area contributed by atoms with Crippen molar-refractivity contribution in [2.75, 3.05) is 18.5 Å². The van der Waals surface area contributed by atoms with Crippen LogP contribution < -0.4 is 10.6 Å². The number of anilines is 1. The molecule has 2 atom stereocenters. The summed E-state index contributed by atoms with van der Waals surface area (Å²) in [5.74, 6) is 0.0736. The van der Waals surface area contributed by atoms with Crippen LogP contribution in [0.5, 0.6) is 0 Å². The minimum absolute atomic E-state index is 0. The third-order valence-electron chi connectivity index (χ3n) is 4.01. The number of nitrogens with two attached hydrogens (primary N) is 1. The maximum atomic E-state index is 12.6. The van der Waals surface area contributed by atoms with E-state index in [1.807, 2.05) is 17.0 Å². The number of carbonyl (C=O) groups excluding carboxylic acids is 1. The van der Waals surface area contributed by atoms with Crippen molar-refractivity contribution in [3.8, 4) is 0 Å². The van der Waals surface area contributed by atoms with Crippen LogP contribution in [-0.4, -0.2) is 36.5 Å². The fraction of sp³-hybridized carbons (Fsp3) is 0.562. The van der Waals surface area contributed by atoms with Crippen LogP contribution in [0.15, 0.2) is 24.3 Å². The summed E-state index contributed by atoms with van der Waals surface area (Å²) in [4.78, 5) is 16.7. The lowest BCUT2D eigenvalue weighted by Gasteiger charge is -2.30. The minimum atomic E-state index is -0.377. The molecule has 1 aromatic carbocycles. The topological polar surface area (TPSA) is 49.6 Å². The number of halogens is 2. The summed E-state index contributed by atoms with van der Waals surface area (Å²) in [6, 6.07) is 8.07. The van der Waals surface area contributed by atoms with E-state index in [-0.39, 0.29) is 42.8 Å². The first-order valence-electron chi connectivity index (χ1n) is 7.39. The fourth-order valence-corrected chi connectivity index (χ4v) is 2.89. The molecule has 0 saturated heterocycles. The summed E-state index contributed by atoms with van der Waals surface area (Å²) in [6.07, 6.45) is 1.69. The number of benzene rings is 1. The molecule has 1 aromatic rings. The van der Waals surface area contributed by atoms with Crippen LogP contribution in [-0.2, 0) is 11.3 Å². The van der Waals surface area contributed by atoms with Crippen molar-refractivity contribution in [3.05, 3.63) is 29.8 Å². The van der Waals surface area contributed by atoms with Gasteiger partial charge in [-0.15, -0.1) is 24.8 Å². The summed E-state index contributed by atoms with van der Waals surface area (Å²) < 4.78 is 0. The molecular formula is C16H27Cl2N3O. The zero-order valence-electron chi connectivity index (χ0n) is 13.5. The molecular weight excluding hydrogens is 321 g/mol. The molecule has 0 aliphatic carbocycles. The van der Waals surface area contributed by atoms with Gasteiger partial charge in [0.05, 0.1) is 6.04 Å². The summed E-state index contributed by atoms with van der Waals surface area (Å²) in [6.45, 7) is 5.64. The second-order valence-corrected chi connectivity index (χ2v) is 5.72. The van der Waals surface area contributed by atoms with Gasteiger partial charge in [0.2, 0.25) is 5.91 Å². The standard InChI is InChI=1S/C16H25N3O.2ClH/c1-4-7-14(17)16(20)19-11-13-8-5-6-9-15(13)18(3)10-12(19)2;;/h5-6,8-9,12,14H,4,7,10-11,17H2,1-3H3;2*1H. The lowest BCUT2D eigenvalue weighted by atomic mass is 10.1. The Bertz CT molecular complexity index is 484. The largest absolute Gasteiger partial charge is 0.372 e. The lowest BCUT2D eigenvalue weighted by molar-refractivity contribution is -0.135. The maximum Gasteiger partial charge on any atom is 0.240 e. The molecule has 1 amide bonds. The zero-order valence-corrected chi connectivity index (χ0v) is 15.1. The predicted molar refractivity (Wildman–Crippen MR) is 97.1 cm³/mol. The average molecular weight is 348 g/mol. The lowest BCUT2D eigenvalue weighted by Crippen LogP contribution is -2.49. The molecule has 2 unspecified atom stereocenters. The van der Waals surface area contributed by atoms with E-state index in [9.17, 15) is 4.79 Å². The Morgan fingerprint density at radius 2 is 2.00 bits per heavy atom. The molecule has 0 spiro atoms. The van der Waals surface area contributed by atoms with Gasteiger partial charge in [0.25, 0.3) is 0 Å². The smallest absolute Gasteiger partial charge is 0.240 e. The quantitative estimate of drug-likeness (QED) is 0.914. The number of hydrogen-bond donors (Lipinski definition) is 1. The molecule has 0 saturated carbocycles. The van der Waals surface area contributed by atoms with Crippen molar-refractivity contribution in [1.82, 2.24) is 4.90 Å². The molecule has 126 valence electrons. The van der Waals surface area contributed by atoms with E-state index >= 15 is 0 Å². The second-order valence-electron chi connectivity index (χ2n) is 5.72. The normalized spacial score (nSPS) is 18.5. The molecule has 22 heavy (non-hydrogen) atoms. The molecule has 4 nitrogen and oxygen atoms in total. The van der Waals surface area contributed by atoms with Gasteiger partial charge >= 0.3 is 0 Å². The highest BCUT2D eigenvalue weighted by Gasteiger charge is 2.29. The first kappa shape index (κ1) is 21.0. The molecule has 6 heteroatoms. The predicted octanol–water partition coefficient (Wildman–Crippen LogP) is 2.82. The van der Waals surface area contributed by atoms with E-state index in [0.29, 0.717) is 6.54 Å². The SMILES string of the molecule is CCCC(N)C(=O)N1Cc2ccccc2N(C)CC1C.Cl.Cl. The van der Waals surface area contributed by atoms with Crippen LogP contribution in [0.1, 0.15) is 32.3 Å². The van der Waals surface area contributed by atoms with Crippen LogP contribution in [0, 0.1) is 0 Å². The fourth-order valence-electron chi connectivity index (χ4n) is 2.89. The molecule has 0 radical (unpaired) electrons. The molecule has 2 rings (SSSR count). The van der Waals surface area contributed by atoms with Crippen molar-refractivity contribution < 1.29 is 4.79 Å². The van der Waals surface area contributed by atoms with Gasteiger partial charge in [0, 0.05) is 31.9 Å². The minimum Gasteiger partial charge on any atom is -0.372 e. The summed E-state index contributed by atoms with van der Waals surface area (Å²) in [7, 11) is 2.08.